The van der Waals surface area contributed by atoms with Crippen LogP contribution in [0.2, 0.25) is 0 Å². The molecule has 6 nitrogen and oxygen atoms in total. The number of aliphatic hydroxyl groups excluding tert-OH is 1. The molecule has 0 bridgehead atoms. The van der Waals surface area contributed by atoms with Crippen molar-refractivity contribution >= 4 is 0 Å². The molecule has 0 saturated heterocycles. The van der Waals surface area contributed by atoms with Crippen LogP contribution in [0.3, 0.4) is 0 Å². The fraction of sp³-hybridized carbons (Fsp3) is 1.00. The zero-order valence-electron chi connectivity index (χ0n) is 13.2. The molecule has 6 heteroatoms. The number of unbranched alkanes of at least 4 members (excludes halogenated alkanes) is 2. The van der Waals surface area contributed by atoms with E-state index in [0.717, 1.165) is 44.1 Å². The van der Waals surface area contributed by atoms with E-state index in [2.05, 4.69) is 13.8 Å². The van der Waals surface area contributed by atoms with Gasteiger partial charge in [-0.25, -0.2) is 0 Å². The molecule has 0 aromatic heterocycles. The van der Waals surface area contributed by atoms with Crippen LogP contribution in [0, 0.1) is 0 Å². The lowest BCUT2D eigenvalue weighted by Crippen LogP contribution is -2.35. The van der Waals surface area contributed by atoms with Gasteiger partial charge in [0.25, 0.3) is 0 Å². The second-order valence-corrected chi connectivity index (χ2v) is 4.52. The summed E-state index contributed by atoms with van der Waals surface area (Å²) in [7, 11) is 0. The number of nitrogens with zero attached hydrogens (tertiary/aromatic N) is 1. The van der Waals surface area contributed by atoms with Crippen LogP contribution in [0.25, 0.3) is 0 Å². The molecule has 0 aliphatic heterocycles. The highest BCUT2D eigenvalue weighted by molar-refractivity contribution is 4.36. The lowest BCUT2D eigenvalue weighted by Gasteiger charge is -2.23. The molecule has 1 atom stereocenters. The molecule has 0 spiro atoms. The van der Waals surface area contributed by atoms with Gasteiger partial charge in [-0.15, -0.1) is 0 Å². The molecule has 122 valence electrons. The summed E-state index contributed by atoms with van der Waals surface area (Å²) >= 11 is 0. The van der Waals surface area contributed by atoms with Crippen molar-refractivity contribution < 1.29 is 24.3 Å². The molecule has 0 aromatic carbocycles. The van der Waals surface area contributed by atoms with Crippen molar-refractivity contribution in [3.05, 3.63) is 0 Å². The van der Waals surface area contributed by atoms with Crippen LogP contribution in [0.4, 0.5) is 0 Å². The van der Waals surface area contributed by atoms with Crippen LogP contribution in [0.15, 0.2) is 0 Å². The van der Waals surface area contributed by atoms with Gasteiger partial charge >= 0.3 is 0 Å². The SMILES string of the molecule is CCCCOCCON(OCCOCCCC)C(C)O. The largest absolute Gasteiger partial charge is 0.379 e. The molecule has 0 aromatic rings. The highest BCUT2D eigenvalue weighted by Gasteiger charge is 2.12. The third kappa shape index (κ3) is 12.8. The quantitative estimate of drug-likeness (QED) is 0.283. The molecule has 0 aliphatic carbocycles. The van der Waals surface area contributed by atoms with E-state index in [1.54, 1.807) is 6.92 Å². The summed E-state index contributed by atoms with van der Waals surface area (Å²) in [4.78, 5) is 10.6. The third-order valence-electron chi connectivity index (χ3n) is 2.48. The van der Waals surface area contributed by atoms with Crippen molar-refractivity contribution in [3.63, 3.8) is 0 Å². The molecule has 0 rings (SSSR count). The number of hydrogen-bond donors (Lipinski definition) is 1. The summed E-state index contributed by atoms with van der Waals surface area (Å²) in [6, 6.07) is 0. The van der Waals surface area contributed by atoms with Crippen molar-refractivity contribution in [3.8, 4) is 0 Å². The Labute approximate surface area is 122 Å². The topological polar surface area (TPSA) is 60.4 Å². The van der Waals surface area contributed by atoms with Gasteiger partial charge in [0.05, 0.1) is 26.4 Å². The number of aliphatic hydroxyl groups is 1. The van der Waals surface area contributed by atoms with Gasteiger partial charge in [-0.1, -0.05) is 26.7 Å². The summed E-state index contributed by atoms with van der Waals surface area (Å²) in [5.74, 6) is 0. The zero-order valence-corrected chi connectivity index (χ0v) is 13.2. The fourth-order valence-corrected chi connectivity index (χ4v) is 1.32. The minimum absolute atomic E-state index is 0.352. The van der Waals surface area contributed by atoms with Gasteiger partial charge in [-0.2, -0.15) is 0 Å². The second kappa shape index (κ2) is 15.2. The molecule has 1 unspecified atom stereocenters. The Morgan fingerprint density at radius 3 is 1.60 bits per heavy atom. The zero-order chi connectivity index (χ0) is 15.1. The Kier molecular flexibility index (Phi) is 15.0. The third-order valence-corrected chi connectivity index (χ3v) is 2.48. The second-order valence-electron chi connectivity index (χ2n) is 4.52. The lowest BCUT2D eigenvalue weighted by atomic mass is 10.4. The molecule has 0 radical (unpaired) electrons. The van der Waals surface area contributed by atoms with Crippen molar-refractivity contribution in [2.24, 2.45) is 0 Å². The normalized spacial score (nSPS) is 13.1. The van der Waals surface area contributed by atoms with Gasteiger partial charge in [0, 0.05) is 13.2 Å². The summed E-state index contributed by atoms with van der Waals surface area (Å²) in [6.45, 7) is 8.96. The van der Waals surface area contributed by atoms with E-state index in [4.69, 9.17) is 19.1 Å². The van der Waals surface area contributed by atoms with E-state index in [9.17, 15) is 5.11 Å². The lowest BCUT2D eigenvalue weighted by molar-refractivity contribution is -0.417. The van der Waals surface area contributed by atoms with E-state index in [1.165, 1.54) is 0 Å². The van der Waals surface area contributed by atoms with Crippen LogP contribution in [0.1, 0.15) is 46.5 Å². The van der Waals surface area contributed by atoms with Crippen LogP contribution >= 0.6 is 0 Å². The van der Waals surface area contributed by atoms with Gasteiger partial charge in [-0.3, -0.25) is 9.68 Å². The summed E-state index contributed by atoms with van der Waals surface area (Å²) < 4.78 is 10.7. The maximum Gasteiger partial charge on any atom is 0.154 e. The van der Waals surface area contributed by atoms with E-state index >= 15 is 0 Å². The average Bonchev–Trinajstić information content (AvgIpc) is 2.43. The van der Waals surface area contributed by atoms with Gasteiger partial charge < -0.3 is 14.6 Å². The first-order chi connectivity index (χ1) is 9.72. The molecule has 0 amide bonds. The molecule has 0 heterocycles. The average molecular weight is 293 g/mol. The predicted octanol–water partition coefficient (Wildman–Crippen LogP) is 2.12. The van der Waals surface area contributed by atoms with Crippen LogP contribution in [-0.4, -0.2) is 56.2 Å². The molecule has 0 aliphatic rings. The van der Waals surface area contributed by atoms with Crippen LogP contribution in [-0.2, 0) is 19.1 Å². The van der Waals surface area contributed by atoms with Crippen LogP contribution in [0.5, 0.6) is 0 Å². The molecule has 0 saturated carbocycles. The monoisotopic (exact) mass is 293 g/mol. The number of rotatable bonds is 15. The van der Waals surface area contributed by atoms with E-state index in [1.807, 2.05) is 0 Å². The summed E-state index contributed by atoms with van der Waals surface area (Å²) in [5, 5.41) is 10.6. The van der Waals surface area contributed by atoms with Crippen LogP contribution < -0.4 is 0 Å². The van der Waals surface area contributed by atoms with E-state index in [0.29, 0.717) is 26.4 Å². The first-order valence-electron chi connectivity index (χ1n) is 7.61. The maximum absolute atomic E-state index is 9.49. The van der Waals surface area contributed by atoms with Gasteiger partial charge in [0.2, 0.25) is 0 Å². The fourth-order valence-electron chi connectivity index (χ4n) is 1.32. The number of ether oxygens (including phenoxy) is 2. The standard InChI is InChI=1S/C14H31NO5/c1-4-6-8-17-10-12-19-15(14(3)16)20-13-11-18-9-7-5-2/h14,16H,4-13H2,1-3H3. The first-order valence-corrected chi connectivity index (χ1v) is 7.61. The summed E-state index contributed by atoms with van der Waals surface area (Å²) in [6.07, 6.45) is 3.49. The smallest absolute Gasteiger partial charge is 0.154 e. The van der Waals surface area contributed by atoms with Crippen molar-refractivity contribution in [1.82, 2.24) is 5.23 Å². The first kappa shape index (κ1) is 19.8. The van der Waals surface area contributed by atoms with Crippen molar-refractivity contribution in [1.29, 1.82) is 0 Å². The van der Waals surface area contributed by atoms with E-state index < -0.39 is 6.23 Å². The molecular weight excluding hydrogens is 262 g/mol. The molecule has 1 N–H and O–H groups in total. The molecule has 20 heavy (non-hydrogen) atoms. The Balaban J connectivity index is 3.51. The van der Waals surface area contributed by atoms with E-state index in [-0.39, 0.29) is 0 Å². The number of hydrogen-bond acceptors (Lipinski definition) is 6. The van der Waals surface area contributed by atoms with Gasteiger partial charge in [0.1, 0.15) is 0 Å². The van der Waals surface area contributed by atoms with Gasteiger partial charge in [0.15, 0.2) is 6.23 Å². The highest BCUT2D eigenvalue weighted by atomic mass is 17.0. The predicted molar refractivity (Wildman–Crippen MR) is 76.9 cm³/mol. The molecular formula is C14H31NO5. The Hall–Kier alpha value is -0.240. The number of hydroxylamine groups is 2. The Morgan fingerprint density at radius 2 is 1.25 bits per heavy atom. The minimum Gasteiger partial charge on any atom is -0.379 e. The minimum atomic E-state index is -0.832. The highest BCUT2D eigenvalue weighted by Crippen LogP contribution is 1.99. The van der Waals surface area contributed by atoms with Crippen molar-refractivity contribution in [2.45, 2.75) is 52.7 Å². The summed E-state index contributed by atoms with van der Waals surface area (Å²) in [5.41, 5.74) is 0. The van der Waals surface area contributed by atoms with Crippen molar-refractivity contribution in [2.75, 3.05) is 39.6 Å². The Bertz CT molecular complexity index is 176. The van der Waals surface area contributed by atoms with Gasteiger partial charge in [-0.05, 0) is 25.0 Å². The Morgan fingerprint density at radius 1 is 0.800 bits per heavy atom. The molecule has 0 fully saturated rings. The maximum atomic E-state index is 9.49.